The molecule has 1 aromatic heterocycles. The molecule has 1 heterocycles. The molecule has 0 unspecified atom stereocenters. The Balaban J connectivity index is 2.10. The number of halogens is 5. The number of aromatic nitrogens is 1. The summed E-state index contributed by atoms with van der Waals surface area (Å²) in [6.45, 7) is 0. The van der Waals surface area contributed by atoms with Crippen LogP contribution in [0.3, 0.4) is 0 Å². The van der Waals surface area contributed by atoms with Gasteiger partial charge in [-0.1, -0.05) is 35.3 Å². The van der Waals surface area contributed by atoms with Gasteiger partial charge in [0.1, 0.15) is 17.5 Å². The molecule has 0 atom stereocenters. The highest BCUT2D eigenvalue weighted by Crippen LogP contribution is 2.38. The first-order valence-corrected chi connectivity index (χ1v) is 10.7. The molecular weight excluding hydrogens is 458 g/mol. The molecule has 0 bridgehead atoms. The van der Waals surface area contributed by atoms with Gasteiger partial charge in [0.15, 0.2) is 0 Å². The molecule has 0 amide bonds. The van der Waals surface area contributed by atoms with Crippen molar-refractivity contribution in [3.05, 3.63) is 88.3 Å². The molecule has 0 fully saturated rings. The maximum Gasteiger partial charge on any atom is 0.208 e. The van der Waals surface area contributed by atoms with Crippen LogP contribution < -0.4 is 0 Å². The number of nitrogens with zero attached hydrogens (tertiary/aromatic N) is 1. The summed E-state index contributed by atoms with van der Waals surface area (Å²) >= 11 is 11.9. The Labute approximate surface area is 179 Å². The second-order valence-electron chi connectivity index (χ2n) is 6.40. The van der Waals surface area contributed by atoms with Crippen LogP contribution in [0.5, 0.6) is 0 Å². The van der Waals surface area contributed by atoms with Crippen molar-refractivity contribution in [2.45, 2.75) is 9.79 Å². The first-order chi connectivity index (χ1) is 14.2. The highest BCUT2D eigenvalue weighted by atomic mass is 35.5. The number of hydrogen-bond donors (Lipinski definition) is 0. The SMILES string of the molecule is O=S(=O)(c1cc(F)cc(F)c1)c1cnc2cc(F)c(Cl)cc2c1-c1ccc(Cl)cc1. The van der Waals surface area contributed by atoms with Crippen LogP contribution >= 0.6 is 23.2 Å². The highest BCUT2D eigenvalue weighted by Gasteiger charge is 2.26. The molecule has 0 saturated carbocycles. The lowest BCUT2D eigenvalue weighted by molar-refractivity contribution is 0.567. The number of benzene rings is 3. The van der Waals surface area contributed by atoms with Crippen LogP contribution in [0.15, 0.2) is 70.6 Å². The van der Waals surface area contributed by atoms with E-state index >= 15 is 0 Å². The van der Waals surface area contributed by atoms with Gasteiger partial charge in [0.05, 0.1) is 20.3 Å². The molecule has 30 heavy (non-hydrogen) atoms. The van der Waals surface area contributed by atoms with Gasteiger partial charge in [-0.3, -0.25) is 4.98 Å². The van der Waals surface area contributed by atoms with E-state index in [0.717, 1.165) is 12.3 Å². The molecule has 0 aliphatic rings. The van der Waals surface area contributed by atoms with Crippen LogP contribution in [-0.4, -0.2) is 13.4 Å². The first-order valence-electron chi connectivity index (χ1n) is 8.42. The van der Waals surface area contributed by atoms with Crippen LogP contribution in [0.2, 0.25) is 10.0 Å². The first kappa shape index (κ1) is 20.7. The average Bonchev–Trinajstić information content (AvgIpc) is 2.68. The molecule has 0 radical (unpaired) electrons. The summed E-state index contributed by atoms with van der Waals surface area (Å²) in [5.41, 5.74) is 0.736. The van der Waals surface area contributed by atoms with Crippen molar-refractivity contribution in [3.63, 3.8) is 0 Å². The van der Waals surface area contributed by atoms with Gasteiger partial charge in [-0.2, -0.15) is 0 Å². The molecule has 152 valence electrons. The van der Waals surface area contributed by atoms with Crippen molar-refractivity contribution in [1.82, 2.24) is 4.98 Å². The molecule has 9 heteroatoms. The number of sulfone groups is 1. The van der Waals surface area contributed by atoms with Crippen molar-refractivity contribution >= 4 is 43.9 Å². The van der Waals surface area contributed by atoms with Crippen molar-refractivity contribution < 1.29 is 21.6 Å². The quantitative estimate of drug-likeness (QED) is 0.347. The second kappa shape index (κ2) is 7.58. The maximum absolute atomic E-state index is 13.9. The van der Waals surface area contributed by atoms with Gasteiger partial charge < -0.3 is 0 Å². The van der Waals surface area contributed by atoms with Gasteiger partial charge in [-0.15, -0.1) is 0 Å². The van der Waals surface area contributed by atoms with E-state index in [0.29, 0.717) is 28.8 Å². The van der Waals surface area contributed by atoms with Gasteiger partial charge in [-0.05, 0) is 35.9 Å². The van der Waals surface area contributed by atoms with Gasteiger partial charge in [0, 0.05) is 34.3 Å². The van der Waals surface area contributed by atoms with Crippen molar-refractivity contribution in [3.8, 4) is 11.1 Å². The third-order valence-electron chi connectivity index (χ3n) is 4.44. The predicted octanol–water partition coefficient (Wildman–Crippen LogP) is 6.46. The Kier molecular flexibility index (Phi) is 5.22. The topological polar surface area (TPSA) is 47.0 Å². The predicted molar refractivity (Wildman–Crippen MR) is 109 cm³/mol. The fraction of sp³-hybridized carbons (Fsp3) is 0. The summed E-state index contributed by atoms with van der Waals surface area (Å²) in [7, 11) is -4.40. The van der Waals surface area contributed by atoms with Crippen molar-refractivity contribution in [1.29, 1.82) is 0 Å². The zero-order chi connectivity index (χ0) is 21.6. The van der Waals surface area contributed by atoms with Crippen molar-refractivity contribution in [2.24, 2.45) is 0 Å². The molecule has 0 aliphatic heterocycles. The summed E-state index contributed by atoms with van der Waals surface area (Å²) < 4.78 is 67.9. The molecule has 0 aliphatic carbocycles. The largest absolute Gasteiger partial charge is 0.255 e. The van der Waals surface area contributed by atoms with Crippen LogP contribution in [0.4, 0.5) is 13.2 Å². The summed E-state index contributed by atoms with van der Waals surface area (Å²) in [5, 5.41) is 0.435. The van der Waals surface area contributed by atoms with E-state index in [1.54, 1.807) is 24.3 Å². The van der Waals surface area contributed by atoms with E-state index in [-0.39, 0.29) is 26.4 Å². The Morgan fingerprint density at radius 3 is 2.10 bits per heavy atom. The van der Waals surface area contributed by atoms with Crippen molar-refractivity contribution in [2.75, 3.05) is 0 Å². The zero-order valence-electron chi connectivity index (χ0n) is 14.8. The molecule has 4 aromatic rings. The Morgan fingerprint density at radius 1 is 0.833 bits per heavy atom. The van der Waals surface area contributed by atoms with Gasteiger partial charge in [0.2, 0.25) is 9.84 Å². The fourth-order valence-electron chi connectivity index (χ4n) is 3.10. The third-order valence-corrected chi connectivity index (χ3v) is 6.73. The standard InChI is InChI=1S/C21H10Cl2F3NO2S/c22-12-3-1-11(2-4-12)21-16-8-17(23)18(26)9-19(16)27-10-20(21)30(28,29)15-6-13(24)5-14(25)7-15/h1-10H. The van der Waals surface area contributed by atoms with E-state index in [2.05, 4.69) is 4.98 Å². The molecule has 3 nitrogen and oxygen atoms in total. The zero-order valence-corrected chi connectivity index (χ0v) is 17.2. The average molecular weight is 468 g/mol. The summed E-state index contributed by atoms with van der Waals surface area (Å²) in [6, 6.07) is 10.6. The van der Waals surface area contributed by atoms with Crippen LogP contribution in [0, 0.1) is 17.5 Å². The van der Waals surface area contributed by atoms with Gasteiger partial charge >= 0.3 is 0 Å². The third kappa shape index (κ3) is 3.64. The van der Waals surface area contributed by atoms with Gasteiger partial charge in [0.25, 0.3) is 0 Å². The highest BCUT2D eigenvalue weighted by molar-refractivity contribution is 7.91. The number of pyridine rings is 1. The summed E-state index contributed by atoms with van der Waals surface area (Å²) in [6.07, 6.45) is 1.03. The lowest BCUT2D eigenvalue weighted by Crippen LogP contribution is -2.07. The summed E-state index contributed by atoms with van der Waals surface area (Å²) in [5.74, 6) is -2.80. The van der Waals surface area contributed by atoms with E-state index in [4.69, 9.17) is 23.2 Å². The molecular formula is C21H10Cl2F3NO2S. The number of rotatable bonds is 3. The monoisotopic (exact) mass is 467 g/mol. The molecule has 0 saturated heterocycles. The smallest absolute Gasteiger partial charge is 0.208 e. The van der Waals surface area contributed by atoms with Gasteiger partial charge in [-0.25, -0.2) is 21.6 Å². The minimum absolute atomic E-state index is 0.156. The van der Waals surface area contributed by atoms with Crippen LogP contribution in [-0.2, 0) is 9.84 Å². The summed E-state index contributed by atoms with van der Waals surface area (Å²) in [4.78, 5) is 3.14. The Hall–Kier alpha value is -2.61. The minimum Gasteiger partial charge on any atom is -0.255 e. The number of hydrogen-bond acceptors (Lipinski definition) is 3. The van der Waals surface area contributed by atoms with Crippen LogP contribution in [0.1, 0.15) is 0 Å². The van der Waals surface area contributed by atoms with E-state index < -0.39 is 32.2 Å². The molecule has 4 rings (SSSR count). The fourth-order valence-corrected chi connectivity index (χ4v) is 4.86. The van der Waals surface area contributed by atoms with E-state index in [9.17, 15) is 21.6 Å². The lowest BCUT2D eigenvalue weighted by Gasteiger charge is -2.14. The van der Waals surface area contributed by atoms with E-state index in [1.165, 1.54) is 6.07 Å². The molecule has 3 aromatic carbocycles. The van der Waals surface area contributed by atoms with Crippen LogP contribution in [0.25, 0.3) is 22.0 Å². The Bertz CT molecular complexity index is 1390. The molecule has 0 N–H and O–H groups in total. The Morgan fingerprint density at radius 2 is 1.47 bits per heavy atom. The maximum atomic E-state index is 13.9. The second-order valence-corrected chi connectivity index (χ2v) is 9.16. The normalized spacial score (nSPS) is 11.8. The minimum atomic E-state index is -4.40. The lowest BCUT2D eigenvalue weighted by atomic mass is 10.0. The van der Waals surface area contributed by atoms with E-state index in [1.807, 2.05) is 0 Å². The molecule has 0 spiro atoms. The number of fused-ring (bicyclic) bond motifs is 1.